The molecule has 0 fully saturated rings. The van der Waals surface area contributed by atoms with Gasteiger partial charge in [-0.2, -0.15) is 5.56 Å². The molecule has 0 unspecified atom stereocenters. The number of rotatable bonds is 3. The first-order valence-electron chi connectivity index (χ1n) is 14.1. The van der Waals surface area contributed by atoms with Crippen LogP contribution in [-0.4, -0.2) is 18.4 Å². The van der Waals surface area contributed by atoms with Crippen LogP contribution in [0.2, 0.25) is 0 Å². The van der Waals surface area contributed by atoms with E-state index < -0.39 is 0 Å². The van der Waals surface area contributed by atoms with Crippen LogP contribution in [0.4, 0.5) is 0 Å². The van der Waals surface area contributed by atoms with Crippen molar-refractivity contribution in [1.82, 2.24) is 9.97 Å². The topological polar surface area (TPSA) is 25.8 Å². The van der Waals surface area contributed by atoms with E-state index in [1.807, 2.05) is 60.8 Å². The van der Waals surface area contributed by atoms with Crippen molar-refractivity contribution in [2.24, 2.45) is 0 Å². The summed E-state index contributed by atoms with van der Waals surface area (Å²) in [5.74, 6) is 0. The first-order chi connectivity index (χ1) is 20.5. The quantitative estimate of drug-likeness (QED) is 0.101. The van der Waals surface area contributed by atoms with E-state index >= 15 is 0 Å². The molecule has 0 amide bonds. The van der Waals surface area contributed by atoms with Gasteiger partial charge in [0.1, 0.15) is 0 Å². The van der Waals surface area contributed by atoms with Gasteiger partial charge in [0.05, 0.1) is 0 Å². The number of benzene rings is 5. The van der Waals surface area contributed by atoms with E-state index in [1.54, 1.807) is 6.20 Å². The fraction of sp³-hybridized carbons (Fsp3) is 0.100. The Balaban J connectivity index is 0.000000254. The second-order valence-corrected chi connectivity index (χ2v) is 11.2. The summed E-state index contributed by atoms with van der Waals surface area (Å²) in [6.45, 7) is 6.58. The third-order valence-electron chi connectivity index (χ3n) is 7.22. The normalized spacial score (nSPS) is 10.5. The van der Waals surface area contributed by atoms with Gasteiger partial charge in [0.25, 0.3) is 0 Å². The molecule has 5 aromatic carbocycles. The largest absolute Gasteiger partial charge is 0.352 e. The van der Waals surface area contributed by atoms with Crippen molar-refractivity contribution < 1.29 is 52.8 Å². The van der Waals surface area contributed by atoms with E-state index in [0.29, 0.717) is 0 Å². The number of fused-ring (bicyclic) bond motifs is 3. The van der Waals surface area contributed by atoms with E-state index in [9.17, 15) is 0 Å². The summed E-state index contributed by atoms with van der Waals surface area (Å²) in [6.07, 6.45) is 3.74. The molecule has 45 heavy (non-hydrogen) atoms. The van der Waals surface area contributed by atoms with Crippen LogP contribution in [0.25, 0.3) is 55.2 Å². The Morgan fingerprint density at radius 3 is 2.07 bits per heavy atom. The van der Waals surface area contributed by atoms with Crippen LogP contribution in [0.1, 0.15) is 26.3 Å². The van der Waals surface area contributed by atoms with Crippen molar-refractivity contribution in [3.63, 3.8) is 0 Å². The van der Waals surface area contributed by atoms with Crippen molar-refractivity contribution in [1.29, 1.82) is 0 Å². The van der Waals surface area contributed by atoms with Gasteiger partial charge in [-0.3, -0.25) is 23.3 Å². The average molecular weight is 831 g/mol. The zero-order valence-electron chi connectivity index (χ0n) is 25.5. The zero-order chi connectivity index (χ0) is 28.9. The standard InChI is InChI=1S/C25H14N.C15H16N.B.Ir.Y/c1-2-9-23-18(6-1)11-12-21-16-20(13-14-24(21)23)19-7-5-8-22(17-19)25-10-3-4-15-26-25;1-15(2,3)13-9-10-14(16-11-13)12-7-5-4-6-8-12;;;/h1-7,9-15H;4-7,9-11H,1-3H3;;;/q-3;-1;;;. The van der Waals surface area contributed by atoms with Gasteiger partial charge in [-0.25, -0.2) is 6.07 Å². The molecule has 0 bridgehead atoms. The van der Waals surface area contributed by atoms with E-state index in [4.69, 9.17) is 0 Å². The molecule has 0 aliphatic heterocycles. The van der Waals surface area contributed by atoms with Crippen LogP contribution in [0.3, 0.4) is 0 Å². The maximum atomic E-state index is 4.48. The summed E-state index contributed by atoms with van der Waals surface area (Å²) in [5.41, 5.74) is 7.21. The van der Waals surface area contributed by atoms with Gasteiger partial charge in [-0.15, -0.1) is 71.6 Å². The Hall–Kier alpha value is -3.26. The summed E-state index contributed by atoms with van der Waals surface area (Å²) in [5, 5.41) is 4.84. The first-order valence-corrected chi connectivity index (χ1v) is 14.1. The summed E-state index contributed by atoms with van der Waals surface area (Å²) in [6, 6.07) is 52.3. The molecule has 0 saturated heterocycles. The van der Waals surface area contributed by atoms with Gasteiger partial charge in [0.2, 0.25) is 0 Å². The van der Waals surface area contributed by atoms with Gasteiger partial charge < -0.3 is 16.0 Å². The molecule has 0 aliphatic rings. The second kappa shape index (κ2) is 16.3. The fourth-order valence-electron chi connectivity index (χ4n) is 4.87. The maximum Gasteiger partial charge on any atom is 0.0198 e. The fourth-order valence-corrected chi connectivity index (χ4v) is 4.87. The third kappa shape index (κ3) is 8.72. The second-order valence-electron chi connectivity index (χ2n) is 11.2. The number of hydrogen-bond acceptors (Lipinski definition) is 2. The molecule has 7 rings (SSSR count). The predicted octanol–water partition coefficient (Wildman–Crippen LogP) is 9.58. The minimum atomic E-state index is 0. The monoisotopic (exact) mass is 831 g/mol. The SMILES string of the molecule is CC(C)(C)c1ccc(-c2[c-]cccc2)nc1.[B].[Ir].[Y].[c-]1ccc(-c2[c-]c3ccc4ccccc4c3cc2)[c-]c1-c1ccccn1. The molecule has 7 aromatic rings. The summed E-state index contributed by atoms with van der Waals surface area (Å²) < 4.78 is 0. The van der Waals surface area contributed by atoms with Gasteiger partial charge in [0, 0.05) is 73.6 Å². The Bertz CT molecular complexity index is 1960. The molecule has 0 saturated carbocycles. The molecule has 2 aromatic heterocycles. The van der Waals surface area contributed by atoms with Gasteiger partial charge in [-0.1, -0.05) is 80.4 Å². The van der Waals surface area contributed by atoms with Gasteiger partial charge in [-0.05, 0) is 33.5 Å². The Labute approximate surface area is 307 Å². The van der Waals surface area contributed by atoms with E-state index in [-0.39, 0.29) is 66.6 Å². The van der Waals surface area contributed by atoms with Gasteiger partial charge in [0.15, 0.2) is 0 Å². The number of nitrogens with zero attached hydrogens (tertiary/aromatic N) is 2. The summed E-state index contributed by atoms with van der Waals surface area (Å²) in [7, 11) is 0. The minimum absolute atomic E-state index is 0. The summed E-state index contributed by atoms with van der Waals surface area (Å²) >= 11 is 0. The Kier molecular flexibility index (Phi) is 13.2. The van der Waals surface area contributed by atoms with Crippen molar-refractivity contribution in [3.8, 4) is 33.6 Å². The van der Waals surface area contributed by atoms with Crippen molar-refractivity contribution >= 4 is 30.0 Å². The molecular weight excluding hydrogens is 800 g/mol. The molecule has 2 heterocycles. The molecular formula is C40H30BIrN2Y-4. The maximum absolute atomic E-state index is 4.48. The van der Waals surface area contributed by atoms with Crippen LogP contribution < -0.4 is 0 Å². The average Bonchev–Trinajstić information content (AvgIpc) is 3.05. The molecule has 5 radical (unpaired) electrons. The molecule has 0 atom stereocenters. The zero-order valence-corrected chi connectivity index (χ0v) is 30.7. The molecule has 5 heteroatoms. The van der Waals surface area contributed by atoms with Crippen molar-refractivity contribution in [3.05, 3.63) is 157 Å². The van der Waals surface area contributed by atoms with Crippen LogP contribution in [-0.2, 0) is 58.2 Å². The molecule has 0 N–H and O–H groups in total. The van der Waals surface area contributed by atoms with E-state index in [0.717, 1.165) is 39.0 Å². The Morgan fingerprint density at radius 2 is 1.36 bits per heavy atom. The number of hydrogen-bond donors (Lipinski definition) is 0. The van der Waals surface area contributed by atoms with Crippen LogP contribution in [0, 0.1) is 24.3 Å². The van der Waals surface area contributed by atoms with Crippen molar-refractivity contribution in [2.45, 2.75) is 26.2 Å². The predicted molar refractivity (Wildman–Crippen MR) is 180 cm³/mol. The first kappa shape index (κ1) is 36.2. The van der Waals surface area contributed by atoms with E-state index in [1.165, 1.54) is 21.7 Å². The number of pyridine rings is 2. The molecule has 2 nitrogen and oxygen atoms in total. The molecule has 0 spiro atoms. The van der Waals surface area contributed by atoms with Crippen LogP contribution in [0.15, 0.2) is 128 Å². The van der Waals surface area contributed by atoms with Crippen LogP contribution in [0.5, 0.6) is 0 Å². The number of aromatic nitrogens is 2. The minimum Gasteiger partial charge on any atom is -0.352 e. The molecule has 219 valence electrons. The third-order valence-corrected chi connectivity index (χ3v) is 7.22. The van der Waals surface area contributed by atoms with Crippen LogP contribution >= 0.6 is 0 Å². The van der Waals surface area contributed by atoms with Gasteiger partial charge >= 0.3 is 0 Å². The molecule has 0 aliphatic carbocycles. The summed E-state index contributed by atoms with van der Waals surface area (Å²) in [4.78, 5) is 8.88. The smallest absolute Gasteiger partial charge is 0.0198 e. The van der Waals surface area contributed by atoms with Crippen molar-refractivity contribution in [2.75, 3.05) is 0 Å². The Morgan fingerprint density at radius 1 is 0.578 bits per heavy atom. The van der Waals surface area contributed by atoms with E-state index in [2.05, 4.69) is 116 Å².